The summed E-state index contributed by atoms with van der Waals surface area (Å²) in [6, 6.07) is 1.26. The SMILES string of the molecule is NC1CCCC(Oc2cc(F)cc(F)c2[N+](=O)[O-])C1. The van der Waals surface area contributed by atoms with Crippen LogP contribution >= 0.6 is 0 Å². The third-order valence-electron chi connectivity index (χ3n) is 3.14. The van der Waals surface area contributed by atoms with Crippen molar-refractivity contribution in [3.8, 4) is 5.75 Å². The van der Waals surface area contributed by atoms with Crippen molar-refractivity contribution in [1.82, 2.24) is 0 Å². The Labute approximate surface area is 108 Å². The summed E-state index contributed by atoms with van der Waals surface area (Å²) in [5.74, 6) is -2.51. The summed E-state index contributed by atoms with van der Waals surface area (Å²) < 4.78 is 31.9. The summed E-state index contributed by atoms with van der Waals surface area (Å²) in [7, 11) is 0. The molecule has 0 bridgehead atoms. The van der Waals surface area contributed by atoms with E-state index in [0.717, 1.165) is 18.9 Å². The zero-order chi connectivity index (χ0) is 14.0. The summed E-state index contributed by atoms with van der Waals surface area (Å²) in [6.07, 6.45) is 2.54. The van der Waals surface area contributed by atoms with Gasteiger partial charge in [-0.15, -0.1) is 0 Å². The fourth-order valence-corrected chi connectivity index (χ4v) is 2.28. The maximum absolute atomic E-state index is 13.4. The number of nitrogens with zero attached hydrogens (tertiary/aromatic N) is 1. The van der Waals surface area contributed by atoms with Crippen LogP contribution in [0, 0.1) is 21.7 Å². The first-order chi connectivity index (χ1) is 8.97. The molecule has 2 atom stereocenters. The molecule has 7 heteroatoms. The largest absolute Gasteiger partial charge is 0.483 e. The number of nitro benzene ring substituents is 1. The molecular formula is C12H14F2N2O3. The van der Waals surface area contributed by atoms with Gasteiger partial charge in [-0.25, -0.2) is 4.39 Å². The van der Waals surface area contributed by atoms with Gasteiger partial charge in [-0.1, -0.05) is 0 Å². The van der Waals surface area contributed by atoms with Crippen molar-refractivity contribution in [2.24, 2.45) is 5.73 Å². The lowest BCUT2D eigenvalue weighted by Crippen LogP contribution is -2.33. The molecule has 1 aliphatic carbocycles. The Morgan fingerprint density at radius 3 is 2.74 bits per heavy atom. The van der Waals surface area contributed by atoms with E-state index in [1.54, 1.807) is 0 Å². The van der Waals surface area contributed by atoms with E-state index >= 15 is 0 Å². The standard InChI is InChI=1S/C12H14F2N2O3/c13-7-4-10(14)12(16(17)18)11(5-7)19-9-3-1-2-8(15)6-9/h4-5,8-9H,1-3,6,15H2. The van der Waals surface area contributed by atoms with Gasteiger partial charge in [-0.2, -0.15) is 4.39 Å². The van der Waals surface area contributed by atoms with Crippen LogP contribution in [-0.4, -0.2) is 17.1 Å². The van der Waals surface area contributed by atoms with E-state index in [1.165, 1.54) is 0 Å². The van der Waals surface area contributed by atoms with Gasteiger partial charge in [0.15, 0.2) is 0 Å². The molecule has 0 spiro atoms. The topological polar surface area (TPSA) is 78.4 Å². The third-order valence-corrected chi connectivity index (χ3v) is 3.14. The Morgan fingerprint density at radius 2 is 2.11 bits per heavy atom. The van der Waals surface area contributed by atoms with Crippen LogP contribution in [0.1, 0.15) is 25.7 Å². The van der Waals surface area contributed by atoms with Crippen LogP contribution in [0.25, 0.3) is 0 Å². The number of hydrogen-bond acceptors (Lipinski definition) is 4. The zero-order valence-corrected chi connectivity index (χ0v) is 10.1. The third kappa shape index (κ3) is 3.17. The first kappa shape index (κ1) is 13.7. The lowest BCUT2D eigenvalue weighted by atomic mass is 9.93. The molecule has 1 saturated carbocycles. The highest BCUT2D eigenvalue weighted by atomic mass is 19.1. The van der Waals surface area contributed by atoms with E-state index in [4.69, 9.17) is 10.5 Å². The summed E-state index contributed by atoms with van der Waals surface area (Å²) in [5.41, 5.74) is 4.94. The van der Waals surface area contributed by atoms with Gasteiger partial charge in [0.25, 0.3) is 0 Å². The first-order valence-electron chi connectivity index (χ1n) is 6.03. The van der Waals surface area contributed by atoms with E-state index in [-0.39, 0.29) is 17.9 Å². The zero-order valence-electron chi connectivity index (χ0n) is 10.1. The Bertz CT molecular complexity index is 496. The molecule has 2 rings (SSSR count). The lowest BCUT2D eigenvalue weighted by molar-refractivity contribution is -0.388. The van der Waals surface area contributed by atoms with Crippen LogP contribution in [0.5, 0.6) is 5.75 Å². The first-order valence-corrected chi connectivity index (χ1v) is 6.03. The molecule has 0 aromatic heterocycles. The van der Waals surface area contributed by atoms with Gasteiger partial charge in [0.05, 0.1) is 4.92 Å². The minimum atomic E-state index is -1.24. The lowest BCUT2D eigenvalue weighted by Gasteiger charge is -2.27. The van der Waals surface area contributed by atoms with Gasteiger partial charge < -0.3 is 10.5 Å². The monoisotopic (exact) mass is 272 g/mol. The fourth-order valence-electron chi connectivity index (χ4n) is 2.28. The fraction of sp³-hybridized carbons (Fsp3) is 0.500. The highest BCUT2D eigenvalue weighted by molar-refractivity contribution is 5.47. The summed E-state index contributed by atoms with van der Waals surface area (Å²) in [5, 5.41) is 10.8. The Morgan fingerprint density at radius 1 is 1.37 bits per heavy atom. The molecule has 2 unspecified atom stereocenters. The van der Waals surface area contributed by atoms with Gasteiger partial charge in [0.2, 0.25) is 11.6 Å². The Hall–Kier alpha value is -1.76. The van der Waals surface area contributed by atoms with Crippen LogP contribution in [0.3, 0.4) is 0 Å². The molecule has 1 aromatic rings. The van der Waals surface area contributed by atoms with E-state index in [1.807, 2.05) is 0 Å². The molecule has 1 aliphatic rings. The second kappa shape index (κ2) is 5.48. The molecule has 19 heavy (non-hydrogen) atoms. The van der Waals surface area contributed by atoms with Crippen LogP contribution in [0.4, 0.5) is 14.5 Å². The summed E-state index contributed by atoms with van der Waals surface area (Å²) in [4.78, 5) is 9.89. The van der Waals surface area contributed by atoms with Crippen LogP contribution in [0.2, 0.25) is 0 Å². The highest BCUT2D eigenvalue weighted by Crippen LogP contribution is 2.33. The molecule has 5 nitrogen and oxygen atoms in total. The molecular weight excluding hydrogens is 258 g/mol. The van der Waals surface area contributed by atoms with E-state index in [0.29, 0.717) is 18.9 Å². The van der Waals surface area contributed by atoms with Crippen LogP contribution < -0.4 is 10.5 Å². The van der Waals surface area contributed by atoms with Gasteiger partial charge in [-0.3, -0.25) is 10.1 Å². The number of rotatable bonds is 3. The van der Waals surface area contributed by atoms with Crippen LogP contribution in [0.15, 0.2) is 12.1 Å². The number of ether oxygens (including phenoxy) is 1. The van der Waals surface area contributed by atoms with Crippen molar-refractivity contribution in [2.45, 2.75) is 37.8 Å². The average molecular weight is 272 g/mol. The smallest absolute Gasteiger partial charge is 0.346 e. The number of nitro groups is 1. The van der Waals surface area contributed by atoms with Crippen molar-refractivity contribution < 1.29 is 18.4 Å². The highest BCUT2D eigenvalue weighted by Gasteiger charge is 2.27. The number of benzene rings is 1. The minimum Gasteiger partial charge on any atom is -0.483 e. The summed E-state index contributed by atoms with van der Waals surface area (Å²) >= 11 is 0. The second-order valence-corrected chi connectivity index (χ2v) is 4.66. The average Bonchev–Trinajstić information content (AvgIpc) is 2.26. The van der Waals surface area contributed by atoms with E-state index in [9.17, 15) is 18.9 Å². The molecule has 1 aromatic carbocycles. The van der Waals surface area contributed by atoms with Gasteiger partial charge >= 0.3 is 5.69 Å². The molecule has 2 N–H and O–H groups in total. The van der Waals surface area contributed by atoms with Crippen molar-refractivity contribution in [2.75, 3.05) is 0 Å². The molecule has 0 saturated heterocycles. The number of nitrogens with two attached hydrogens (primary N) is 1. The Kier molecular flexibility index (Phi) is 3.94. The molecule has 0 amide bonds. The van der Waals surface area contributed by atoms with E-state index in [2.05, 4.69) is 0 Å². The maximum Gasteiger partial charge on any atom is 0.346 e. The van der Waals surface area contributed by atoms with Gasteiger partial charge in [0.1, 0.15) is 11.9 Å². The molecule has 0 aliphatic heterocycles. The number of halogens is 2. The van der Waals surface area contributed by atoms with Crippen molar-refractivity contribution in [3.63, 3.8) is 0 Å². The Balaban J connectivity index is 2.25. The maximum atomic E-state index is 13.4. The molecule has 0 heterocycles. The molecule has 104 valence electrons. The van der Waals surface area contributed by atoms with Gasteiger partial charge in [-0.05, 0) is 25.7 Å². The molecule has 1 fully saturated rings. The van der Waals surface area contributed by atoms with Crippen molar-refractivity contribution in [1.29, 1.82) is 0 Å². The van der Waals surface area contributed by atoms with Crippen molar-refractivity contribution >= 4 is 5.69 Å². The van der Waals surface area contributed by atoms with E-state index < -0.39 is 22.2 Å². The van der Waals surface area contributed by atoms with Crippen LogP contribution in [-0.2, 0) is 0 Å². The summed E-state index contributed by atoms with van der Waals surface area (Å²) in [6.45, 7) is 0. The predicted octanol–water partition coefficient (Wildman–Crippen LogP) is 2.52. The minimum absolute atomic E-state index is 0.0452. The molecule has 0 radical (unpaired) electrons. The normalized spacial score (nSPS) is 23.1. The quantitative estimate of drug-likeness (QED) is 0.677. The predicted molar refractivity (Wildman–Crippen MR) is 63.9 cm³/mol. The van der Waals surface area contributed by atoms with Gasteiger partial charge in [0, 0.05) is 18.2 Å². The number of hydrogen-bond donors (Lipinski definition) is 1. The second-order valence-electron chi connectivity index (χ2n) is 4.66. The van der Waals surface area contributed by atoms with Crippen molar-refractivity contribution in [3.05, 3.63) is 33.9 Å².